The van der Waals surface area contributed by atoms with Gasteiger partial charge in [-0.05, 0) is 51.4 Å². The van der Waals surface area contributed by atoms with E-state index in [1.54, 1.807) is 0 Å². The summed E-state index contributed by atoms with van der Waals surface area (Å²) in [4.78, 5) is 16.8. The Morgan fingerprint density at radius 2 is 2.00 bits per heavy atom. The highest BCUT2D eigenvalue weighted by molar-refractivity contribution is 5.92. The fourth-order valence-corrected chi connectivity index (χ4v) is 3.34. The van der Waals surface area contributed by atoms with Gasteiger partial charge in [0.25, 0.3) is 5.91 Å². The topological polar surface area (TPSA) is 55.1 Å². The van der Waals surface area contributed by atoms with E-state index in [9.17, 15) is 4.79 Å². The lowest BCUT2D eigenvalue weighted by atomic mass is 9.84. The minimum absolute atomic E-state index is 0.0971. The second-order valence-electron chi connectivity index (χ2n) is 6.83. The Morgan fingerprint density at radius 3 is 2.67 bits per heavy atom. The molecule has 1 atom stereocenters. The van der Waals surface area contributed by atoms with E-state index in [-0.39, 0.29) is 11.9 Å². The summed E-state index contributed by atoms with van der Waals surface area (Å²) in [6, 6.07) is 0.217. The highest BCUT2D eigenvalue weighted by atomic mass is 16.4. The summed E-state index contributed by atoms with van der Waals surface area (Å²) in [6.45, 7) is 3.98. The molecule has 2 aliphatic rings. The van der Waals surface area contributed by atoms with Gasteiger partial charge in [0.15, 0.2) is 5.89 Å². The molecule has 4 heteroatoms. The summed E-state index contributed by atoms with van der Waals surface area (Å²) in [5.74, 6) is 2.37. The maximum Gasteiger partial charge on any atom is 0.289 e. The molecule has 4 nitrogen and oxygen atoms in total. The molecule has 116 valence electrons. The third-order valence-corrected chi connectivity index (χ3v) is 4.92. The van der Waals surface area contributed by atoms with Gasteiger partial charge in [-0.1, -0.05) is 19.3 Å². The normalized spacial score (nSPS) is 21.2. The summed E-state index contributed by atoms with van der Waals surface area (Å²) in [5, 5.41) is 3.12. The molecule has 1 aromatic rings. The molecule has 3 rings (SSSR count). The Labute approximate surface area is 126 Å². The quantitative estimate of drug-likeness (QED) is 0.901. The average Bonchev–Trinajstić information content (AvgIpc) is 3.21. The van der Waals surface area contributed by atoms with E-state index < -0.39 is 0 Å². The van der Waals surface area contributed by atoms with Crippen LogP contribution in [0.15, 0.2) is 4.42 Å². The number of rotatable bonds is 5. The SMILES string of the molecule is Cc1nc(CC2CC2)oc1C(=O)N[C@@H](C)C1CCCCC1. The predicted molar refractivity (Wildman–Crippen MR) is 81.2 cm³/mol. The lowest BCUT2D eigenvalue weighted by molar-refractivity contribution is 0.0888. The summed E-state index contributed by atoms with van der Waals surface area (Å²) in [7, 11) is 0. The number of hydrogen-bond donors (Lipinski definition) is 1. The number of nitrogens with one attached hydrogen (secondary N) is 1. The summed E-state index contributed by atoms with van der Waals surface area (Å²) < 4.78 is 5.69. The average molecular weight is 290 g/mol. The third kappa shape index (κ3) is 3.66. The van der Waals surface area contributed by atoms with Crippen LogP contribution < -0.4 is 5.32 Å². The standard InChI is InChI=1S/C17H26N2O2/c1-11(14-6-4-3-5-7-14)19-17(20)16-12(2)18-15(21-16)10-13-8-9-13/h11,13-14H,3-10H2,1-2H3,(H,19,20)/t11-/m0/s1. The van der Waals surface area contributed by atoms with Crippen LogP contribution in [0.1, 0.15) is 74.0 Å². The number of carbonyl (C=O) groups is 1. The largest absolute Gasteiger partial charge is 0.435 e. The van der Waals surface area contributed by atoms with Gasteiger partial charge < -0.3 is 9.73 Å². The first kappa shape index (κ1) is 14.6. The zero-order valence-electron chi connectivity index (χ0n) is 13.2. The number of aromatic nitrogens is 1. The van der Waals surface area contributed by atoms with Crippen molar-refractivity contribution in [2.45, 2.75) is 71.3 Å². The summed E-state index contributed by atoms with van der Waals surface area (Å²) >= 11 is 0. The molecule has 0 spiro atoms. The van der Waals surface area contributed by atoms with Crippen LogP contribution in [0, 0.1) is 18.8 Å². The molecule has 2 aliphatic carbocycles. The fourth-order valence-electron chi connectivity index (χ4n) is 3.34. The van der Waals surface area contributed by atoms with Crippen molar-refractivity contribution in [2.75, 3.05) is 0 Å². The second kappa shape index (κ2) is 6.20. The van der Waals surface area contributed by atoms with E-state index in [0.29, 0.717) is 11.7 Å². The van der Waals surface area contributed by atoms with Crippen molar-refractivity contribution in [3.05, 3.63) is 17.3 Å². The number of aryl methyl sites for hydroxylation is 1. The van der Waals surface area contributed by atoms with Crippen molar-refractivity contribution in [1.29, 1.82) is 0 Å². The molecule has 21 heavy (non-hydrogen) atoms. The van der Waals surface area contributed by atoms with Gasteiger partial charge in [0.1, 0.15) is 0 Å². The van der Waals surface area contributed by atoms with Gasteiger partial charge in [-0.15, -0.1) is 0 Å². The highest BCUT2D eigenvalue weighted by Crippen LogP contribution is 2.32. The molecular weight excluding hydrogens is 264 g/mol. The first-order valence-corrected chi connectivity index (χ1v) is 8.40. The number of nitrogens with zero attached hydrogens (tertiary/aromatic N) is 1. The van der Waals surface area contributed by atoms with Crippen molar-refractivity contribution in [3.63, 3.8) is 0 Å². The smallest absolute Gasteiger partial charge is 0.289 e. The molecule has 2 fully saturated rings. The number of hydrogen-bond acceptors (Lipinski definition) is 3. The molecule has 1 amide bonds. The molecule has 0 unspecified atom stereocenters. The molecule has 0 aliphatic heterocycles. The van der Waals surface area contributed by atoms with Crippen molar-refractivity contribution >= 4 is 5.91 Å². The first-order chi connectivity index (χ1) is 10.1. The maximum absolute atomic E-state index is 12.4. The van der Waals surface area contributed by atoms with E-state index in [2.05, 4.69) is 17.2 Å². The van der Waals surface area contributed by atoms with Gasteiger partial charge in [0.2, 0.25) is 5.76 Å². The second-order valence-corrected chi connectivity index (χ2v) is 6.83. The van der Waals surface area contributed by atoms with Crippen LogP contribution in [0.2, 0.25) is 0 Å². The van der Waals surface area contributed by atoms with Crippen molar-refractivity contribution in [2.24, 2.45) is 11.8 Å². The van der Waals surface area contributed by atoms with Gasteiger partial charge in [0, 0.05) is 12.5 Å². The zero-order valence-corrected chi connectivity index (χ0v) is 13.2. The van der Waals surface area contributed by atoms with Gasteiger partial charge in [-0.2, -0.15) is 0 Å². The van der Waals surface area contributed by atoms with Crippen LogP contribution in [0.3, 0.4) is 0 Å². The van der Waals surface area contributed by atoms with Crippen LogP contribution in [0.25, 0.3) is 0 Å². The monoisotopic (exact) mass is 290 g/mol. The van der Waals surface area contributed by atoms with Crippen LogP contribution in [-0.2, 0) is 6.42 Å². The van der Waals surface area contributed by atoms with E-state index in [1.165, 1.54) is 44.9 Å². The van der Waals surface area contributed by atoms with Crippen LogP contribution in [-0.4, -0.2) is 16.9 Å². The van der Waals surface area contributed by atoms with E-state index in [1.807, 2.05) is 6.92 Å². The maximum atomic E-state index is 12.4. The predicted octanol–water partition coefficient (Wildman–Crippen LogP) is 3.63. The Morgan fingerprint density at radius 1 is 1.29 bits per heavy atom. The van der Waals surface area contributed by atoms with Gasteiger partial charge >= 0.3 is 0 Å². The summed E-state index contributed by atoms with van der Waals surface area (Å²) in [6.07, 6.45) is 9.78. The number of carbonyl (C=O) groups excluding carboxylic acids is 1. The van der Waals surface area contributed by atoms with E-state index in [0.717, 1.165) is 23.9 Å². The van der Waals surface area contributed by atoms with Crippen molar-refractivity contribution < 1.29 is 9.21 Å². The fraction of sp³-hybridized carbons (Fsp3) is 0.765. The Kier molecular flexibility index (Phi) is 4.32. The minimum Gasteiger partial charge on any atom is -0.435 e. The minimum atomic E-state index is -0.0971. The van der Waals surface area contributed by atoms with Crippen LogP contribution in [0.4, 0.5) is 0 Å². The van der Waals surface area contributed by atoms with Gasteiger partial charge in [-0.3, -0.25) is 4.79 Å². The van der Waals surface area contributed by atoms with Crippen LogP contribution >= 0.6 is 0 Å². The van der Waals surface area contributed by atoms with E-state index in [4.69, 9.17) is 4.42 Å². The summed E-state index contributed by atoms with van der Waals surface area (Å²) in [5.41, 5.74) is 0.721. The molecule has 1 aromatic heterocycles. The molecule has 0 bridgehead atoms. The Bertz CT molecular complexity index is 499. The lowest BCUT2D eigenvalue weighted by Gasteiger charge is -2.27. The van der Waals surface area contributed by atoms with Crippen molar-refractivity contribution in [3.8, 4) is 0 Å². The van der Waals surface area contributed by atoms with Crippen LogP contribution in [0.5, 0.6) is 0 Å². The Hall–Kier alpha value is -1.32. The van der Waals surface area contributed by atoms with E-state index >= 15 is 0 Å². The van der Waals surface area contributed by atoms with Gasteiger partial charge in [-0.25, -0.2) is 4.98 Å². The zero-order chi connectivity index (χ0) is 14.8. The molecule has 2 saturated carbocycles. The molecule has 0 aromatic carbocycles. The highest BCUT2D eigenvalue weighted by Gasteiger charge is 2.27. The molecule has 0 radical (unpaired) electrons. The number of amides is 1. The van der Waals surface area contributed by atoms with Gasteiger partial charge in [0.05, 0.1) is 5.69 Å². The molecule has 1 heterocycles. The molecular formula is C17H26N2O2. The third-order valence-electron chi connectivity index (χ3n) is 4.92. The Balaban J connectivity index is 1.59. The lowest BCUT2D eigenvalue weighted by Crippen LogP contribution is -2.39. The molecule has 1 N–H and O–H groups in total. The first-order valence-electron chi connectivity index (χ1n) is 8.40. The van der Waals surface area contributed by atoms with Crippen molar-refractivity contribution in [1.82, 2.24) is 10.3 Å². The number of oxazole rings is 1. The molecule has 0 saturated heterocycles.